The third-order valence-corrected chi connectivity index (χ3v) is 3.94. The molecule has 19 heavy (non-hydrogen) atoms. The largest absolute Gasteiger partial charge is 0.337 e. The SMILES string of the molecule is Fc1cccc(Br)c1Nc1cc(Br)nc(C2CC2)n1. The van der Waals surface area contributed by atoms with Gasteiger partial charge in [0.1, 0.15) is 22.1 Å². The highest BCUT2D eigenvalue weighted by Gasteiger charge is 2.27. The number of halogens is 3. The second-order valence-electron chi connectivity index (χ2n) is 4.43. The number of para-hydroxylation sites is 1. The van der Waals surface area contributed by atoms with Crippen LogP contribution < -0.4 is 5.32 Å². The summed E-state index contributed by atoms with van der Waals surface area (Å²) in [4.78, 5) is 8.78. The first-order chi connectivity index (χ1) is 9.13. The summed E-state index contributed by atoms with van der Waals surface area (Å²) in [6.45, 7) is 0. The zero-order valence-electron chi connectivity index (χ0n) is 9.83. The molecule has 6 heteroatoms. The second kappa shape index (κ2) is 5.17. The van der Waals surface area contributed by atoms with Crippen molar-refractivity contribution in [3.63, 3.8) is 0 Å². The van der Waals surface area contributed by atoms with Crippen LogP contribution in [0, 0.1) is 5.82 Å². The second-order valence-corrected chi connectivity index (χ2v) is 6.10. The monoisotopic (exact) mass is 385 g/mol. The van der Waals surface area contributed by atoms with Crippen molar-refractivity contribution in [2.75, 3.05) is 5.32 Å². The molecule has 0 radical (unpaired) electrons. The highest BCUT2D eigenvalue weighted by atomic mass is 79.9. The van der Waals surface area contributed by atoms with Gasteiger partial charge < -0.3 is 5.32 Å². The maximum Gasteiger partial charge on any atom is 0.147 e. The van der Waals surface area contributed by atoms with Gasteiger partial charge in [-0.1, -0.05) is 6.07 Å². The molecule has 0 saturated heterocycles. The van der Waals surface area contributed by atoms with E-state index in [0.29, 0.717) is 26.5 Å². The maximum absolute atomic E-state index is 13.8. The normalized spacial score (nSPS) is 14.5. The fourth-order valence-corrected chi connectivity index (χ4v) is 2.61. The Balaban J connectivity index is 1.94. The molecule has 1 aliphatic carbocycles. The van der Waals surface area contributed by atoms with Crippen molar-refractivity contribution in [3.8, 4) is 0 Å². The molecule has 0 bridgehead atoms. The molecule has 1 saturated carbocycles. The van der Waals surface area contributed by atoms with Crippen LogP contribution in [0.3, 0.4) is 0 Å². The van der Waals surface area contributed by atoms with Crippen LogP contribution in [0.15, 0.2) is 33.3 Å². The van der Waals surface area contributed by atoms with E-state index in [2.05, 4.69) is 47.1 Å². The van der Waals surface area contributed by atoms with E-state index in [1.165, 1.54) is 6.07 Å². The molecule has 1 aromatic carbocycles. The van der Waals surface area contributed by atoms with Gasteiger partial charge in [0.05, 0.1) is 5.69 Å². The molecular weight excluding hydrogens is 377 g/mol. The van der Waals surface area contributed by atoms with Crippen molar-refractivity contribution in [2.45, 2.75) is 18.8 Å². The van der Waals surface area contributed by atoms with Gasteiger partial charge in [0.15, 0.2) is 0 Å². The molecule has 1 heterocycles. The Bertz CT molecular complexity index is 609. The highest BCUT2D eigenvalue weighted by molar-refractivity contribution is 9.10. The molecule has 1 fully saturated rings. The third-order valence-electron chi connectivity index (χ3n) is 2.87. The average molecular weight is 387 g/mol. The predicted molar refractivity (Wildman–Crippen MR) is 79.1 cm³/mol. The predicted octanol–water partition coefficient (Wildman–Crippen LogP) is 4.76. The summed E-state index contributed by atoms with van der Waals surface area (Å²) >= 11 is 6.69. The molecule has 0 atom stereocenters. The smallest absolute Gasteiger partial charge is 0.147 e. The lowest BCUT2D eigenvalue weighted by molar-refractivity contribution is 0.631. The molecule has 0 aliphatic heterocycles. The van der Waals surface area contributed by atoms with E-state index in [0.717, 1.165) is 18.7 Å². The molecule has 3 nitrogen and oxygen atoms in total. The van der Waals surface area contributed by atoms with Gasteiger partial charge >= 0.3 is 0 Å². The van der Waals surface area contributed by atoms with Crippen LogP contribution in [0.25, 0.3) is 0 Å². The standard InChI is InChI=1S/C13H10Br2FN3/c14-8-2-1-3-9(16)12(8)18-11-6-10(15)17-13(19-11)7-4-5-7/h1-3,6-7H,4-5H2,(H,17,18,19). The molecule has 0 unspecified atom stereocenters. The molecule has 1 N–H and O–H groups in total. The van der Waals surface area contributed by atoms with Gasteiger partial charge in [-0.25, -0.2) is 14.4 Å². The minimum absolute atomic E-state index is 0.322. The van der Waals surface area contributed by atoms with Crippen LogP contribution in [0.4, 0.5) is 15.9 Å². The van der Waals surface area contributed by atoms with Gasteiger partial charge in [-0.3, -0.25) is 0 Å². The van der Waals surface area contributed by atoms with Gasteiger partial charge in [0.2, 0.25) is 0 Å². The van der Waals surface area contributed by atoms with E-state index < -0.39 is 0 Å². The fourth-order valence-electron chi connectivity index (χ4n) is 1.77. The van der Waals surface area contributed by atoms with Crippen LogP contribution in [-0.4, -0.2) is 9.97 Å². The number of hydrogen-bond donors (Lipinski definition) is 1. The van der Waals surface area contributed by atoms with Crippen LogP contribution in [-0.2, 0) is 0 Å². The van der Waals surface area contributed by atoms with Gasteiger partial charge in [0.25, 0.3) is 0 Å². The molecule has 0 spiro atoms. The van der Waals surface area contributed by atoms with E-state index in [4.69, 9.17) is 0 Å². The number of aromatic nitrogens is 2. The lowest BCUT2D eigenvalue weighted by atomic mass is 10.3. The van der Waals surface area contributed by atoms with E-state index in [1.54, 1.807) is 18.2 Å². The van der Waals surface area contributed by atoms with Crippen molar-refractivity contribution in [1.29, 1.82) is 0 Å². The molecule has 3 rings (SSSR count). The van der Waals surface area contributed by atoms with Gasteiger partial charge in [-0.15, -0.1) is 0 Å². The van der Waals surface area contributed by atoms with Crippen LogP contribution in [0.2, 0.25) is 0 Å². The summed E-state index contributed by atoms with van der Waals surface area (Å²) in [5, 5.41) is 3.00. The number of rotatable bonds is 3. The van der Waals surface area contributed by atoms with Gasteiger partial charge in [-0.05, 0) is 56.8 Å². The molecule has 0 amide bonds. The van der Waals surface area contributed by atoms with E-state index in [1.807, 2.05) is 0 Å². The number of benzene rings is 1. The molecule has 1 aromatic heterocycles. The quantitative estimate of drug-likeness (QED) is 0.772. The van der Waals surface area contributed by atoms with Crippen molar-refractivity contribution in [3.05, 3.63) is 45.0 Å². The maximum atomic E-state index is 13.8. The number of hydrogen-bond acceptors (Lipinski definition) is 3. The summed E-state index contributed by atoms with van der Waals surface area (Å²) in [6.07, 6.45) is 2.25. The van der Waals surface area contributed by atoms with Crippen molar-refractivity contribution < 1.29 is 4.39 Å². The summed E-state index contributed by atoms with van der Waals surface area (Å²) in [7, 11) is 0. The molecule has 2 aromatic rings. The van der Waals surface area contributed by atoms with Crippen molar-refractivity contribution in [1.82, 2.24) is 9.97 Å². The summed E-state index contributed by atoms with van der Waals surface area (Å²) < 4.78 is 15.1. The Morgan fingerprint density at radius 2 is 2.00 bits per heavy atom. The lowest BCUT2D eigenvalue weighted by Crippen LogP contribution is -2.01. The first-order valence-corrected chi connectivity index (χ1v) is 7.47. The Kier molecular flexibility index (Phi) is 3.54. The lowest BCUT2D eigenvalue weighted by Gasteiger charge is -2.10. The van der Waals surface area contributed by atoms with Crippen molar-refractivity contribution >= 4 is 43.4 Å². The minimum Gasteiger partial charge on any atom is -0.337 e. The summed E-state index contributed by atoms with van der Waals surface area (Å²) in [5.74, 6) is 1.53. The van der Waals surface area contributed by atoms with Crippen molar-refractivity contribution in [2.24, 2.45) is 0 Å². The van der Waals surface area contributed by atoms with Gasteiger partial charge in [0, 0.05) is 16.5 Å². The summed E-state index contributed by atoms with van der Waals surface area (Å²) in [6, 6.07) is 6.58. The third kappa shape index (κ3) is 2.95. The average Bonchev–Trinajstić information content (AvgIpc) is 3.17. The van der Waals surface area contributed by atoms with Crippen LogP contribution in [0.5, 0.6) is 0 Å². The molecular formula is C13H10Br2FN3. The minimum atomic E-state index is -0.322. The molecule has 98 valence electrons. The zero-order valence-corrected chi connectivity index (χ0v) is 13.0. The Morgan fingerprint density at radius 3 is 2.68 bits per heavy atom. The Labute approximate surface area is 126 Å². The number of anilines is 2. The van der Waals surface area contributed by atoms with Gasteiger partial charge in [-0.2, -0.15) is 0 Å². The summed E-state index contributed by atoms with van der Waals surface area (Å²) in [5.41, 5.74) is 0.384. The Hall–Kier alpha value is -1.01. The van der Waals surface area contributed by atoms with Crippen LogP contribution in [0.1, 0.15) is 24.6 Å². The highest BCUT2D eigenvalue weighted by Crippen LogP contribution is 2.39. The first-order valence-electron chi connectivity index (χ1n) is 5.89. The fraction of sp³-hybridized carbons (Fsp3) is 0.231. The number of nitrogens with one attached hydrogen (secondary N) is 1. The van der Waals surface area contributed by atoms with E-state index >= 15 is 0 Å². The molecule has 1 aliphatic rings. The zero-order chi connectivity index (χ0) is 13.4. The number of nitrogens with zero attached hydrogens (tertiary/aromatic N) is 2. The van der Waals surface area contributed by atoms with E-state index in [-0.39, 0.29) is 5.82 Å². The van der Waals surface area contributed by atoms with E-state index in [9.17, 15) is 4.39 Å². The Morgan fingerprint density at radius 1 is 1.21 bits per heavy atom. The first kappa shape index (κ1) is 13.0. The van der Waals surface area contributed by atoms with Crippen LogP contribution >= 0.6 is 31.9 Å². The topological polar surface area (TPSA) is 37.8 Å².